The highest BCUT2D eigenvalue weighted by Gasteiger charge is 2.49. The van der Waals surface area contributed by atoms with Crippen molar-refractivity contribution in [1.29, 1.82) is 0 Å². The van der Waals surface area contributed by atoms with E-state index in [1.165, 1.54) is 64.0 Å². The molecule has 3 heteroatoms. The normalized spacial score (nSPS) is 28.7. The van der Waals surface area contributed by atoms with E-state index in [1.807, 2.05) is 51.1 Å². The third-order valence-corrected chi connectivity index (χ3v) is 13.6. The Morgan fingerprint density at radius 2 is 0.942 bits per heavy atom. The molecule has 286 valence electrons. The first-order valence-corrected chi connectivity index (χ1v) is 21.0. The quantitative estimate of drug-likeness (QED) is 0.248. The van der Waals surface area contributed by atoms with E-state index in [-0.39, 0.29) is 5.41 Å². The summed E-state index contributed by atoms with van der Waals surface area (Å²) >= 11 is 0. The summed E-state index contributed by atoms with van der Waals surface area (Å²) in [5.41, 5.74) is 5.67. The molecule has 0 saturated heterocycles. The molecule has 0 radical (unpaired) electrons. The fourth-order valence-electron chi connectivity index (χ4n) is 11.1. The van der Waals surface area contributed by atoms with E-state index in [2.05, 4.69) is 40.7 Å². The van der Waals surface area contributed by atoms with E-state index in [1.54, 1.807) is 101 Å². The molecule has 9 rings (SSSR count). The topological polar surface area (TPSA) is 60.7 Å². The number of phenols is 3. The number of benzene rings is 3. The van der Waals surface area contributed by atoms with Gasteiger partial charge < -0.3 is 15.3 Å². The molecule has 3 nitrogen and oxygen atoms in total. The number of rotatable bonds is 2. The Labute approximate surface area is 317 Å². The summed E-state index contributed by atoms with van der Waals surface area (Å²) in [6.07, 6.45) is 20.0. The van der Waals surface area contributed by atoms with Crippen molar-refractivity contribution in [2.45, 2.75) is 144 Å². The van der Waals surface area contributed by atoms with Crippen molar-refractivity contribution < 1.29 is 15.3 Å². The van der Waals surface area contributed by atoms with Crippen LogP contribution in [0.5, 0.6) is 17.2 Å². The summed E-state index contributed by atoms with van der Waals surface area (Å²) < 4.78 is 0. The van der Waals surface area contributed by atoms with Crippen molar-refractivity contribution >= 4 is 0 Å². The van der Waals surface area contributed by atoms with Gasteiger partial charge in [-0.05, 0) is 185 Å². The third kappa shape index (κ3) is 10.6. The molecule has 8 unspecified atom stereocenters. The first-order valence-electron chi connectivity index (χ1n) is 21.0. The van der Waals surface area contributed by atoms with Gasteiger partial charge in [0, 0.05) is 0 Å². The maximum Gasteiger partial charge on any atom is 0.119 e. The van der Waals surface area contributed by atoms with Gasteiger partial charge in [-0.15, -0.1) is 0 Å². The molecule has 0 amide bonds. The van der Waals surface area contributed by atoms with Crippen LogP contribution in [0, 0.1) is 74.0 Å². The molecule has 0 heterocycles. The van der Waals surface area contributed by atoms with Crippen LogP contribution in [0.25, 0.3) is 0 Å². The predicted octanol–water partition coefficient (Wildman–Crippen LogP) is 13.3. The van der Waals surface area contributed by atoms with Gasteiger partial charge in [0.15, 0.2) is 0 Å². The monoisotopic (exact) mass is 709 g/mol. The third-order valence-electron chi connectivity index (χ3n) is 13.6. The average molecular weight is 709 g/mol. The van der Waals surface area contributed by atoms with Crippen LogP contribution >= 0.6 is 0 Å². The van der Waals surface area contributed by atoms with Gasteiger partial charge in [0.05, 0.1) is 0 Å². The van der Waals surface area contributed by atoms with Crippen molar-refractivity contribution in [3.63, 3.8) is 0 Å². The van der Waals surface area contributed by atoms with Crippen LogP contribution in [0.4, 0.5) is 0 Å². The molecule has 8 atom stereocenters. The fraction of sp³-hybridized carbons (Fsp3) is 0.633. The van der Waals surface area contributed by atoms with E-state index in [9.17, 15) is 10.2 Å². The average Bonchev–Trinajstić information content (AvgIpc) is 3.93. The zero-order chi connectivity index (χ0) is 37.6. The van der Waals surface area contributed by atoms with E-state index in [4.69, 9.17) is 5.11 Å². The SMILES string of the molecule is C1CC2C3CCC(C3)C2C1.C1CC2C3CCC(C3)C2C1.Cc1ccc(O)c(C(C)(C)C)c1.Cc1ccc(O)c(CC(C)C)c1.Cc1ccc(O)cc1. The lowest BCUT2D eigenvalue weighted by molar-refractivity contribution is 0.259. The van der Waals surface area contributed by atoms with Gasteiger partial charge in [-0.25, -0.2) is 0 Å². The van der Waals surface area contributed by atoms with Gasteiger partial charge in [-0.2, -0.15) is 0 Å². The molecule has 6 aliphatic rings. The molecule has 3 aromatic rings. The highest BCUT2D eigenvalue weighted by Crippen LogP contribution is 2.59. The van der Waals surface area contributed by atoms with Gasteiger partial charge in [0.2, 0.25) is 0 Å². The van der Waals surface area contributed by atoms with E-state index in [0.717, 1.165) is 17.5 Å². The minimum Gasteiger partial charge on any atom is -0.508 e. The van der Waals surface area contributed by atoms with Crippen LogP contribution in [-0.4, -0.2) is 15.3 Å². The van der Waals surface area contributed by atoms with Crippen LogP contribution in [0.2, 0.25) is 0 Å². The van der Waals surface area contributed by atoms with Crippen LogP contribution < -0.4 is 0 Å². The molecule has 6 fully saturated rings. The van der Waals surface area contributed by atoms with E-state index < -0.39 is 0 Å². The summed E-state index contributed by atoms with van der Waals surface area (Å²) in [6, 6.07) is 18.6. The summed E-state index contributed by atoms with van der Waals surface area (Å²) in [6.45, 7) is 16.7. The predicted molar refractivity (Wildman–Crippen MR) is 219 cm³/mol. The van der Waals surface area contributed by atoms with Gasteiger partial charge in [-0.3, -0.25) is 0 Å². The fourth-order valence-corrected chi connectivity index (χ4v) is 11.1. The smallest absolute Gasteiger partial charge is 0.119 e. The lowest BCUT2D eigenvalue weighted by Crippen LogP contribution is -2.15. The van der Waals surface area contributed by atoms with Gasteiger partial charge in [-0.1, -0.05) is 101 Å². The second-order valence-electron chi connectivity index (χ2n) is 19.0. The molecular weight excluding hydrogens is 637 g/mol. The summed E-state index contributed by atoms with van der Waals surface area (Å²) in [7, 11) is 0. The number of hydrogen-bond donors (Lipinski definition) is 3. The first-order chi connectivity index (χ1) is 24.7. The first kappa shape index (κ1) is 40.2. The van der Waals surface area contributed by atoms with Crippen LogP contribution in [0.3, 0.4) is 0 Å². The number of aromatic hydroxyl groups is 3. The maximum absolute atomic E-state index is 9.57. The van der Waals surface area contributed by atoms with Crippen molar-refractivity contribution in [1.82, 2.24) is 0 Å². The van der Waals surface area contributed by atoms with Crippen LogP contribution in [-0.2, 0) is 11.8 Å². The maximum atomic E-state index is 9.57. The lowest BCUT2D eigenvalue weighted by atomic mass is 9.82. The second kappa shape index (κ2) is 17.9. The standard InChI is InChI=1S/2C11H16O.2C10H16.C7H8O/c1-8-5-6-10(12)9(7-8)11(2,3)4;1-8(2)6-10-7-9(3)4-5-11(10)12;2*1-2-9-7-4-5-8(6-7)10(9)3-1;1-6-2-4-7(8)5-3-6/h5-7,12H,1-4H3;4-5,7-8,12H,6H2,1-3H3;2*7-10H,1-6H2;2-5,8H,1H3. The Bertz CT molecular complexity index is 1460. The van der Waals surface area contributed by atoms with E-state index >= 15 is 0 Å². The number of phenolic OH excluding ortho intramolecular Hbond substituents is 3. The summed E-state index contributed by atoms with van der Waals surface area (Å²) in [5.74, 6) is 11.3. The molecule has 3 aromatic carbocycles. The van der Waals surface area contributed by atoms with Gasteiger partial charge in [0.25, 0.3) is 0 Å². The molecule has 6 aliphatic carbocycles. The van der Waals surface area contributed by atoms with Crippen molar-refractivity contribution in [3.05, 3.63) is 88.5 Å². The molecule has 6 saturated carbocycles. The zero-order valence-corrected chi connectivity index (χ0v) is 34.0. The van der Waals surface area contributed by atoms with Crippen molar-refractivity contribution in [3.8, 4) is 17.2 Å². The van der Waals surface area contributed by atoms with Gasteiger partial charge in [0.1, 0.15) is 17.2 Å². The largest absolute Gasteiger partial charge is 0.508 e. The minimum absolute atomic E-state index is 0.0239. The van der Waals surface area contributed by atoms with Crippen LogP contribution in [0.15, 0.2) is 60.7 Å². The number of aryl methyl sites for hydroxylation is 3. The second-order valence-corrected chi connectivity index (χ2v) is 19.0. The lowest BCUT2D eigenvalue weighted by Gasteiger charge is -2.23. The van der Waals surface area contributed by atoms with E-state index in [0.29, 0.717) is 23.2 Å². The summed E-state index contributed by atoms with van der Waals surface area (Å²) in [4.78, 5) is 0. The Morgan fingerprint density at radius 3 is 1.33 bits per heavy atom. The Hall–Kier alpha value is -2.94. The van der Waals surface area contributed by atoms with Crippen molar-refractivity contribution in [2.75, 3.05) is 0 Å². The number of fused-ring (bicyclic) bond motifs is 10. The Morgan fingerprint density at radius 1 is 0.538 bits per heavy atom. The Kier molecular flexibility index (Phi) is 13.9. The minimum atomic E-state index is 0.0239. The molecule has 0 aliphatic heterocycles. The summed E-state index contributed by atoms with van der Waals surface area (Å²) in [5, 5.41) is 27.8. The Balaban J connectivity index is 0.000000126. The molecule has 52 heavy (non-hydrogen) atoms. The molecular formula is C49H72O3. The molecule has 3 N–H and O–H groups in total. The van der Waals surface area contributed by atoms with Crippen LogP contribution in [0.1, 0.15) is 139 Å². The molecule has 0 spiro atoms. The molecule has 4 bridgehead atoms. The highest BCUT2D eigenvalue weighted by molar-refractivity contribution is 5.40. The number of hydrogen-bond acceptors (Lipinski definition) is 3. The highest BCUT2D eigenvalue weighted by atomic mass is 16.3. The van der Waals surface area contributed by atoms with Gasteiger partial charge >= 0.3 is 0 Å². The zero-order valence-electron chi connectivity index (χ0n) is 34.0. The molecule has 0 aromatic heterocycles. The van der Waals surface area contributed by atoms with Crippen molar-refractivity contribution in [2.24, 2.45) is 53.3 Å².